The first-order valence-electron chi connectivity index (χ1n) is 7.80. The Balaban J connectivity index is 1.84. The molecule has 3 aromatic rings. The van der Waals surface area contributed by atoms with E-state index in [9.17, 15) is 4.79 Å². The lowest BCUT2D eigenvalue weighted by Crippen LogP contribution is -2.27. The van der Waals surface area contributed by atoms with Crippen LogP contribution in [0.5, 0.6) is 5.75 Å². The van der Waals surface area contributed by atoms with Crippen molar-refractivity contribution in [3.8, 4) is 17.2 Å². The predicted molar refractivity (Wildman–Crippen MR) is 96.6 cm³/mol. The summed E-state index contributed by atoms with van der Waals surface area (Å²) in [7, 11) is 0. The highest BCUT2D eigenvalue weighted by Gasteiger charge is 2.22. The van der Waals surface area contributed by atoms with Gasteiger partial charge in [0, 0.05) is 16.2 Å². The summed E-state index contributed by atoms with van der Waals surface area (Å²) in [6, 6.07) is 7.65. The molecule has 0 bridgehead atoms. The highest BCUT2D eigenvalue weighted by atomic mass is 32.1. The third kappa shape index (κ3) is 3.43. The molecule has 1 aromatic carbocycles. The van der Waals surface area contributed by atoms with E-state index in [1.165, 1.54) is 11.3 Å². The van der Waals surface area contributed by atoms with Gasteiger partial charge < -0.3 is 14.5 Å². The minimum Gasteiger partial charge on any atom is -0.494 e. The molecule has 1 N–H and O–H groups in total. The van der Waals surface area contributed by atoms with Crippen LogP contribution in [0.2, 0.25) is 0 Å². The lowest BCUT2D eigenvalue weighted by Gasteiger charge is -2.15. The number of furan rings is 1. The van der Waals surface area contributed by atoms with Gasteiger partial charge in [0.15, 0.2) is 10.9 Å². The van der Waals surface area contributed by atoms with Crippen molar-refractivity contribution in [2.24, 2.45) is 5.41 Å². The van der Waals surface area contributed by atoms with Gasteiger partial charge in [-0.3, -0.25) is 4.79 Å². The standard InChI is InChI=1S/C18H20N2O3S/c1-5-22-12-6-7-14-11(8-12)9-15(23-14)13-10-24-17(19-13)20-16(21)18(2,3)4/h6-10H,5H2,1-4H3,(H,19,20,21). The van der Waals surface area contributed by atoms with Gasteiger partial charge in [-0.25, -0.2) is 4.98 Å². The highest BCUT2D eigenvalue weighted by Crippen LogP contribution is 2.32. The molecule has 5 nitrogen and oxygen atoms in total. The van der Waals surface area contributed by atoms with E-state index in [1.54, 1.807) is 0 Å². The average Bonchev–Trinajstić information content (AvgIpc) is 3.12. The number of ether oxygens (including phenoxy) is 1. The maximum absolute atomic E-state index is 12.0. The van der Waals surface area contributed by atoms with Crippen LogP contribution >= 0.6 is 11.3 Å². The summed E-state index contributed by atoms with van der Waals surface area (Å²) in [4.78, 5) is 16.5. The predicted octanol–water partition coefficient (Wildman–Crippen LogP) is 4.94. The first kappa shape index (κ1) is 16.5. The second kappa shape index (κ2) is 6.28. The Morgan fingerprint density at radius 3 is 2.83 bits per heavy atom. The SMILES string of the molecule is CCOc1ccc2oc(-c3csc(NC(=O)C(C)(C)C)n3)cc2c1. The molecular formula is C18H20N2O3S. The molecule has 0 aliphatic carbocycles. The van der Waals surface area contributed by atoms with Crippen molar-refractivity contribution in [2.75, 3.05) is 11.9 Å². The Bertz CT molecular complexity index is 874. The number of benzene rings is 1. The Morgan fingerprint density at radius 2 is 2.12 bits per heavy atom. The largest absolute Gasteiger partial charge is 0.494 e. The number of fused-ring (bicyclic) bond motifs is 1. The van der Waals surface area contributed by atoms with Gasteiger partial charge in [-0.2, -0.15) is 0 Å². The van der Waals surface area contributed by atoms with E-state index in [0.29, 0.717) is 23.2 Å². The molecule has 0 spiro atoms. The molecule has 0 saturated heterocycles. The zero-order chi connectivity index (χ0) is 17.3. The van der Waals surface area contributed by atoms with Gasteiger partial charge in [0.1, 0.15) is 17.0 Å². The Hall–Kier alpha value is -2.34. The Labute approximate surface area is 144 Å². The van der Waals surface area contributed by atoms with Crippen LogP contribution in [0.4, 0.5) is 5.13 Å². The van der Waals surface area contributed by atoms with Gasteiger partial charge >= 0.3 is 0 Å². The number of thiazole rings is 1. The number of amides is 1. The molecule has 0 unspecified atom stereocenters. The van der Waals surface area contributed by atoms with Gasteiger partial charge in [-0.15, -0.1) is 11.3 Å². The normalized spacial score (nSPS) is 11.7. The molecule has 0 radical (unpaired) electrons. The van der Waals surface area contributed by atoms with Crippen molar-refractivity contribution in [3.63, 3.8) is 0 Å². The molecule has 0 aliphatic rings. The van der Waals surface area contributed by atoms with Crippen LogP contribution in [0.3, 0.4) is 0 Å². The molecule has 6 heteroatoms. The van der Waals surface area contributed by atoms with Gasteiger partial charge in [-0.05, 0) is 31.2 Å². The van der Waals surface area contributed by atoms with Crippen molar-refractivity contribution in [2.45, 2.75) is 27.7 Å². The molecule has 0 aliphatic heterocycles. The van der Waals surface area contributed by atoms with E-state index in [1.807, 2.05) is 57.3 Å². The summed E-state index contributed by atoms with van der Waals surface area (Å²) < 4.78 is 11.4. The lowest BCUT2D eigenvalue weighted by atomic mass is 9.96. The maximum atomic E-state index is 12.0. The molecule has 24 heavy (non-hydrogen) atoms. The van der Waals surface area contributed by atoms with Gasteiger partial charge in [0.25, 0.3) is 0 Å². The van der Waals surface area contributed by atoms with E-state index in [2.05, 4.69) is 10.3 Å². The van der Waals surface area contributed by atoms with E-state index in [4.69, 9.17) is 9.15 Å². The van der Waals surface area contributed by atoms with Gasteiger partial charge in [-0.1, -0.05) is 20.8 Å². The molecule has 1 amide bonds. The van der Waals surface area contributed by atoms with E-state index in [0.717, 1.165) is 16.7 Å². The van der Waals surface area contributed by atoms with Crippen LogP contribution in [0.15, 0.2) is 34.1 Å². The van der Waals surface area contributed by atoms with Crippen LogP contribution in [0, 0.1) is 5.41 Å². The fourth-order valence-electron chi connectivity index (χ4n) is 2.13. The average molecular weight is 344 g/mol. The monoisotopic (exact) mass is 344 g/mol. The topological polar surface area (TPSA) is 64.4 Å². The molecule has 2 heterocycles. The summed E-state index contributed by atoms with van der Waals surface area (Å²) in [5, 5.41) is 6.24. The number of carbonyl (C=O) groups excluding carboxylic acids is 1. The molecule has 3 rings (SSSR count). The van der Waals surface area contributed by atoms with E-state index >= 15 is 0 Å². The van der Waals surface area contributed by atoms with Crippen molar-refractivity contribution in [1.82, 2.24) is 4.98 Å². The minimum atomic E-state index is -0.457. The number of hydrogen-bond donors (Lipinski definition) is 1. The van der Waals surface area contributed by atoms with Crippen LogP contribution in [0.1, 0.15) is 27.7 Å². The van der Waals surface area contributed by atoms with Crippen molar-refractivity contribution < 1.29 is 13.9 Å². The summed E-state index contributed by atoms with van der Waals surface area (Å²) in [5.41, 5.74) is 1.03. The van der Waals surface area contributed by atoms with Crippen molar-refractivity contribution in [3.05, 3.63) is 29.6 Å². The highest BCUT2D eigenvalue weighted by molar-refractivity contribution is 7.14. The molecule has 0 fully saturated rings. The van der Waals surface area contributed by atoms with Crippen LogP contribution in [0.25, 0.3) is 22.4 Å². The number of carbonyl (C=O) groups is 1. The zero-order valence-corrected chi connectivity index (χ0v) is 15.0. The number of aromatic nitrogens is 1. The second-order valence-corrected chi connectivity index (χ2v) is 7.34. The summed E-state index contributed by atoms with van der Waals surface area (Å²) in [6.45, 7) is 8.18. The van der Waals surface area contributed by atoms with E-state index < -0.39 is 5.41 Å². The number of rotatable bonds is 4. The van der Waals surface area contributed by atoms with Gasteiger partial charge in [0.05, 0.1) is 6.61 Å². The van der Waals surface area contributed by atoms with Gasteiger partial charge in [0.2, 0.25) is 5.91 Å². The van der Waals surface area contributed by atoms with E-state index in [-0.39, 0.29) is 5.91 Å². The summed E-state index contributed by atoms with van der Waals surface area (Å²) in [5.74, 6) is 1.43. The quantitative estimate of drug-likeness (QED) is 0.728. The first-order valence-corrected chi connectivity index (χ1v) is 8.68. The summed E-state index contributed by atoms with van der Waals surface area (Å²) >= 11 is 1.38. The molecular weight excluding hydrogens is 324 g/mol. The Kier molecular flexibility index (Phi) is 4.32. The molecule has 0 atom stereocenters. The first-order chi connectivity index (χ1) is 11.4. The number of nitrogens with one attached hydrogen (secondary N) is 1. The number of nitrogens with zero attached hydrogens (tertiary/aromatic N) is 1. The Morgan fingerprint density at radius 1 is 1.33 bits per heavy atom. The van der Waals surface area contributed by atoms with Crippen LogP contribution < -0.4 is 10.1 Å². The zero-order valence-electron chi connectivity index (χ0n) is 14.2. The molecule has 126 valence electrons. The fraction of sp³-hybridized carbons (Fsp3) is 0.333. The minimum absolute atomic E-state index is 0.0608. The third-order valence-electron chi connectivity index (χ3n) is 3.46. The second-order valence-electron chi connectivity index (χ2n) is 6.49. The lowest BCUT2D eigenvalue weighted by molar-refractivity contribution is -0.123. The maximum Gasteiger partial charge on any atom is 0.231 e. The fourth-order valence-corrected chi connectivity index (χ4v) is 2.83. The summed E-state index contributed by atoms with van der Waals surface area (Å²) in [6.07, 6.45) is 0. The number of anilines is 1. The molecule has 2 aromatic heterocycles. The third-order valence-corrected chi connectivity index (χ3v) is 4.21. The molecule has 0 saturated carbocycles. The van der Waals surface area contributed by atoms with Crippen molar-refractivity contribution in [1.29, 1.82) is 0 Å². The van der Waals surface area contributed by atoms with Crippen molar-refractivity contribution >= 4 is 33.3 Å². The van der Waals surface area contributed by atoms with Crippen LogP contribution in [-0.4, -0.2) is 17.5 Å². The van der Waals surface area contributed by atoms with Crippen LogP contribution in [-0.2, 0) is 4.79 Å². The number of hydrogen-bond acceptors (Lipinski definition) is 5. The smallest absolute Gasteiger partial charge is 0.231 e.